The van der Waals surface area contributed by atoms with E-state index in [4.69, 9.17) is 4.74 Å². The Balaban J connectivity index is 1.73. The van der Waals surface area contributed by atoms with Gasteiger partial charge in [0.1, 0.15) is 5.75 Å². The standard InChI is InChI=1S/C22H20F3N3O3/c1-28-20(29)14-6-3-2-5-13(14)19(27-28)26-18-15-7-4-8-16-17(15)12(9-10-31-16)11-21(18,30)22(23,24)25/h2-8,12,18,30H,9-11H2,1H3,(H,26,27). The molecule has 2 aliphatic rings. The van der Waals surface area contributed by atoms with Gasteiger partial charge in [-0.1, -0.05) is 30.3 Å². The number of rotatable bonds is 2. The molecule has 3 aromatic rings. The van der Waals surface area contributed by atoms with E-state index in [1.54, 1.807) is 42.5 Å². The summed E-state index contributed by atoms with van der Waals surface area (Å²) in [6.07, 6.45) is -4.96. The van der Waals surface area contributed by atoms with Crippen LogP contribution in [-0.4, -0.2) is 33.3 Å². The smallest absolute Gasteiger partial charge is 0.419 e. The SMILES string of the molecule is Cn1nc(NC2c3cccc4c3C(CCO4)CC2(O)C(F)(F)F)c2ccccc2c1=O. The van der Waals surface area contributed by atoms with Crippen LogP contribution in [0.15, 0.2) is 47.3 Å². The van der Waals surface area contributed by atoms with E-state index in [1.165, 1.54) is 7.05 Å². The lowest BCUT2D eigenvalue weighted by atomic mass is 9.68. The minimum Gasteiger partial charge on any atom is -0.493 e. The molecule has 0 saturated heterocycles. The van der Waals surface area contributed by atoms with E-state index in [1.807, 2.05) is 0 Å². The first-order valence-electron chi connectivity index (χ1n) is 9.98. The van der Waals surface area contributed by atoms with E-state index in [2.05, 4.69) is 10.4 Å². The highest BCUT2D eigenvalue weighted by Gasteiger charge is 2.63. The maximum absolute atomic E-state index is 14.3. The van der Waals surface area contributed by atoms with Gasteiger partial charge in [-0.3, -0.25) is 4.79 Å². The van der Waals surface area contributed by atoms with E-state index < -0.39 is 30.2 Å². The van der Waals surface area contributed by atoms with Crippen LogP contribution >= 0.6 is 0 Å². The number of hydrogen-bond donors (Lipinski definition) is 2. The van der Waals surface area contributed by atoms with Crippen LogP contribution in [0.25, 0.3) is 10.8 Å². The molecule has 1 aromatic heterocycles. The maximum atomic E-state index is 14.3. The lowest BCUT2D eigenvalue weighted by Crippen LogP contribution is -2.56. The molecule has 0 amide bonds. The van der Waals surface area contributed by atoms with Gasteiger partial charge in [0.15, 0.2) is 11.4 Å². The van der Waals surface area contributed by atoms with Crippen molar-refractivity contribution in [3.8, 4) is 5.75 Å². The zero-order valence-corrected chi connectivity index (χ0v) is 16.6. The quantitative estimate of drug-likeness (QED) is 0.648. The zero-order chi connectivity index (χ0) is 22.0. The van der Waals surface area contributed by atoms with Crippen molar-refractivity contribution in [2.24, 2.45) is 7.05 Å². The molecule has 0 saturated carbocycles. The largest absolute Gasteiger partial charge is 0.493 e. The molecule has 162 valence electrons. The Labute approximate surface area is 175 Å². The molecule has 0 spiro atoms. The van der Waals surface area contributed by atoms with Crippen LogP contribution in [0.3, 0.4) is 0 Å². The highest BCUT2D eigenvalue weighted by molar-refractivity contribution is 5.91. The Morgan fingerprint density at radius 1 is 1.19 bits per heavy atom. The molecule has 3 unspecified atom stereocenters. The van der Waals surface area contributed by atoms with Gasteiger partial charge in [-0.25, -0.2) is 4.68 Å². The number of nitrogens with zero attached hydrogens (tertiary/aromatic N) is 2. The summed E-state index contributed by atoms with van der Waals surface area (Å²) in [6, 6.07) is 9.99. The molecule has 9 heteroatoms. The van der Waals surface area contributed by atoms with Crippen LogP contribution in [-0.2, 0) is 7.05 Å². The first kappa shape index (κ1) is 19.9. The first-order chi connectivity index (χ1) is 14.7. The molecular weight excluding hydrogens is 411 g/mol. The fourth-order valence-electron chi connectivity index (χ4n) is 4.81. The fourth-order valence-corrected chi connectivity index (χ4v) is 4.81. The number of halogens is 3. The van der Waals surface area contributed by atoms with Crippen molar-refractivity contribution in [3.05, 3.63) is 63.9 Å². The number of hydrogen-bond acceptors (Lipinski definition) is 5. The van der Waals surface area contributed by atoms with Gasteiger partial charge in [-0.2, -0.15) is 18.3 Å². The summed E-state index contributed by atoms with van der Waals surface area (Å²) in [4.78, 5) is 12.4. The van der Waals surface area contributed by atoms with Gasteiger partial charge in [0.25, 0.3) is 5.56 Å². The Bertz CT molecular complexity index is 1240. The van der Waals surface area contributed by atoms with Gasteiger partial charge >= 0.3 is 6.18 Å². The van der Waals surface area contributed by atoms with Gasteiger partial charge in [0.05, 0.1) is 18.0 Å². The highest BCUT2D eigenvalue weighted by Crippen LogP contribution is 2.56. The fraction of sp³-hybridized carbons (Fsp3) is 0.364. The molecule has 0 bridgehead atoms. The topological polar surface area (TPSA) is 76.4 Å². The van der Waals surface area contributed by atoms with E-state index in [0.717, 1.165) is 4.68 Å². The van der Waals surface area contributed by atoms with Crippen LogP contribution in [0.1, 0.15) is 35.9 Å². The molecule has 3 atom stereocenters. The minimum absolute atomic E-state index is 0.0955. The number of nitrogens with one attached hydrogen (secondary N) is 1. The van der Waals surface area contributed by atoms with Crippen molar-refractivity contribution < 1.29 is 23.0 Å². The number of anilines is 1. The van der Waals surface area contributed by atoms with E-state index in [9.17, 15) is 23.1 Å². The summed E-state index contributed by atoms with van der Waals surface area (Å²) < 4.78 is 49.5. The third kappa shape index (κ3) is 2.90. The number of aliphatic hydroxyl groups is 1. The minimum atomic E-state index is -4.88. The van der Waals surface area contributed by atoms with E-state index in [-0.39, 0.29) is 11.4 Å². The number of ether oxygens (including phenoxy) is 1. The predicted octanol–water partition coefficient (Wildman–Crippen LogP) is 3.65. The van der Waals surface area contributed by atoms with Crippen LogP contribution in [0.4, 0.5) is 19.0 Å². The average molecular weight is 431 g/mol. The van der Waals surface area contributed by atoms with Gasteiger partial charge in [-0.05, 0) is 36.5 Å². The molecule has 2 heterocycles. The number of aromatic nitrogens is 2. The van der Waals surface area contributed by atoms with Crippen LogP contribution in [0.5, 0.6) is 5.75 Å². The second-order valence-corrected chi connectivity index (χ2v) is 8.12. The average Bonchev–Trinajstić information content (AvgIpc) is 2.74. The summed E-state index contributed by atoms with van der Waals surface area (Å²) in [5.74, 6) is 0.177. The predicted molar refractivity (Wildman–Crippen MR) is 108 cm³/mol. The van der Waals surface area contributed by atoms with Crippen LogP contribution in [0.2, 0.25) is 0 Å². The first-order valence-corrected chi connectivity index (χ1v) is 9.98. The third-order valence-electron chi connectivity index (χ3n) is 6.31. The van der Waals surface area contributed by atoms with Crippen molar-refractivity contribution in [3.63, 3.8) is 0 Å². The Morgan fingerprint density at radius 3 is 2.68 bits per heavy atom. The monoisotopic (exact) mass is 431 g/mol. The summed E-state index contributed by atoms with van der Waals surface area (Å²) in [7, 11) is 1.44. The molecule has 2 aromatic carbocycles. The molecule has 6 nitrogen and oxygen atoms in total. The lowest BCUT2D eigenvalue weighted by molar-refractivity contribution is -0.273. The van der Waals surface area contributed by atoms with Gasteiger partial charge in [0.2, 0.25) is 0 Å². The Kier molecular flexibility index (Phi) is 4.30. The van der Waals surface area contributed by atoms with Crippen LogP contribution < -0.4 is 15.6 Å². The highest BCUT2D eigenvalue weighted by atomic mass is 19.4. The molecule has 0 fully saturated rings. The van der Waals surface area contributed by atoms with E-state index >= 15 is 0 Å². The third-order valence-corrected chi connectivity index (χ3v) is 6.31. The van der Waals surface area contributed by atoms with Crippen molar-refractivity contribution in [1.82, 2.24) is 9.78 Å². The van der Waals surface area contributed by atoms with Crippen molar-refractivity contribution in [2.45, 2.75) is 36.6 Å². The second kappa shape index (κ2) is 6.71. The van der Waals surface area contributed by atoms with Gasteiger partial charge < -0.3 is 15.2 Å². The number of aryl methyl sites for hydroxylation is 1. The Hall–Kier alpha value is -3.07. The maximum Gasteiger partial charge on any atom is 0.419 e. The van der Waals surface area contributed by atoms with Crippen LogP contribution in [0, 0.1) is 0 Å². The zero-order valence-electron chi connectivity index (χ0n) is 16.6. The summed E-state index contributed by atoms with van der Waals surface area (Å²) in [5, 5.41) is 18.8. The number of alkyl halides is 3. The second-order valence-electron chi connectivity index (χ2n) is 8.12. The molecule has 2 N–H and O–H groups in total. The van der Waals surface area contributed by atoms with Crippen molar-refractivity contribution >= 4 is 16.6 Å². The molecule has 31 heavy (non-hydrogen) atoms. The van der Waals surface area contributed by atoms with Gasteiger partial charge in [0, 0.05) is 18.0 Å². The lowest BCUT2D eigenvalue weighted by Gasteiger charge is -2.47. The molecule has 1 aliphatic carbocycles. The molecular formula is C22H20F3N3O3. The summed E-state index contributed by atoms with van der Waals surface area (Å²) in [5.41, 5.74) is -2.36. The summed E-state index contributed by atoms with van der Waals surface area (Å²) >= 11 is 0. The molecule has 5 rings (SSSR count). The molecule has 1 aliphatic heterocycles. The van der Waals surface area contributed by atoms with Crippen molar-refractivity contribution in [1.29, 1.82) is 0 Å². The number of fused-ring (bicyclic) bond motifs is 1. The van der Waals surface area contributed by atoms with Crippen molar-refractivity contribution in [2.75, 3.05) is 11.9 Å². The normalized spacial score (nSPS) is 25.1. The number of benzene rings is 2. The van der Waals surface area contributed by atoms with E-state index in [0.29, 0.717) is 40.7 Å². The summed E-state index contributed by atoms with van der Waals surface area (Å²) in [6.45, 7) is 0.306. The molecule has 0 radical (unpaired) electrons. The van der Waals surface area contributed by atoms with Gasteiger partial charge in [-0.15, -0.1) is 0 Å². The Morgan fingerprint density at radius 2 is 1.94 bits per heavy atom.